The molecule has 0 aliphatic heterocycles. The number of carbonyl (C=O) groups excluding carboxylic acids is 3. The van der Waals surface area contributed by atoms with Crippen molar-refractivity contribution >= 4 is 17.9 Å². The van der Waals surface area contributed by atoms with Gasteiger partial charge >= 0.3 is 17.9 Å². The second-order valence-electron chi connectivity index (χ2n) is 21.0. The third-order valence-corrected chi connectivity index (χ3v) is 13.7. The molecule has 0 bridgehead atoms. The highest BCUT2D eigenvalue weighted by Crippen LogP contribution is 2.15. The van der Waals surface area contributed by atoms with Crippen LogP contribution in [0.5, 0.6) is 0 Å². The first-order valence-electron chi connectivity index (χ1n) is 31.4. The second-order valence-corrected chi connectivity index (χ2v) is 21.0. The number of hydrogen-bond donors (Lipinski definition) is 0. The van der Waals surface area contributed by atoms with Gasteiger partial charge in [-0.05, 0) is 116 Å². The molecule has 0 saturated carbocycles. The highest BCUT2D eigenvalue weighted by atomic mass is 16.6. The van der Waals surface area contributed by atoms with Crippen molar-refractivity contribution in [1.29, 1.82) is 0 Å². The standard InChI is InChI=1S/C67H118O6/c1-4-7-10-13-16-19-22-25-28-31-34-37-39-42-45-48-51-54-57-60-66(69)72-63-64(73-67(70)61-58-55-52-49-46-43-40-36-33-30-27-24-21-18-15-12-9-6-3)62-71-65(68)59-56-53-50-47-44-41-38-35-32-29-26-23-20-17-14-11-8-5-2/h16,19,21,24-25,28-30,32-34,37,64H,4-15,17-18,20,22-23,26-27,31,35-36,38-63H2,1-3H3/b19-16-,24-21-,28-25-,32-29-,33-30-,37-34-. The Kier molecular flexibility index (Phi) is 58.7. The number of ether oxygens (including phenoxy) is 3. The molecule has 0 fully saturated rings. The van der Waals surface area contributed by atoms with E-state index in [4.69, 9.17) is 14.2 Å². The molecule has 0 radical (unpaired) electrons. The Morgan fingerprint density at radius 3 is 0.822 bits per heavy atom. The fourth-order valence-electron chi connectivity index (χ4n) is 8.89. The molecule has 0 aromatic heterocycles. The van der Waals surface area contributed by atoms with E-state index < -0.39 is 6.10 Å². The van der Waals surface area contributed by atoms with Crippen LogP contribution >= 0.6 is 0 Å². The molecule has 0 amide bonds. The Labute approximate surface area is 453 Å². The van der Waals surface area contributed by atoms with Gasteiger partial charge in [0.25, 0.3) is 0 Å². The van der Waals surface area contributed by atoms with Gasteiger partial charge in [-0.25, -0.2) is 0 Å². The zero-order chi connectivity index (χ0) is 52.9. The Bertz CT molecular complexity index is 1360. The van der Waals surface area contributed by atoms with E-state index in [1.54, 1.807) is 0 Å². The van der Waals surface area contributed by atoms with E-state index in [-0.39, 0.29) is 31.1 Å². The van der Waals surface area contributed by atoms with Crippen LogP contribution in [0.1, 0.15) is 316 Å². The fourth-order valence-corrected chi connectivity index (χ4v) is 8.89. The lowest BCUT2D eigenvalue weighted by molar-refractivity contribution is -0.167. The minimum absolute atomic E-state index is 0.0842. The quantitative estimate of drug-likeness (QED) is 0.0261. The molecule has 0 aliphatic carbocycles. The molecule has 6 nitrogen and oxygen atoms in total. The van der Waals surface area contributed by atoms with Crippen LogP contribution in [-0.4, -0.2) is 37.2 Å². The van der Waals surface area contributed by atoms with Gasteiger partial charge in [-0.15, -0.1) is 0 Å². The molecule has 6 heteroatoms. The first-order valence-corrected chi connectivity index (χ1v) is 31.4. The lowest BCUT2D eigenvalue weighted by atomic mass is 10.1. The van der Waals surface area contributed by atoms with Gasteiger partial charge < -0.3 is 14.2 Å². The van der Waals surface area contributed by atoms with Gasteiger partial charge in [0.1, 0.15) is 13.2 Å². The maximum absolute atomic E-state index is 12.9. The van der Waals surface area contributed by atoms with Gasteiger partial charge in [-0.3, -0.25) is 14.4 Å². The van der Waals surface area contributed by atoms with Gasteiger partial charge in [0, 0.05) is 19.3 Å². The maximum Gasteiger partial charge on any atom is 0.306 e. The van der Waals surface area contributed by atoms with Crippen molar-refractivity contribution in [2.45, 2.75) is 322 Å². The summed E-state index contributed by atoms with van der Waals surface area (Å²) in [5, 5.41) is 0. The molecule has 0 saturated heterocycles. The molecule has 0 aromatic rings. The minimum Gasteiger partial charge on any atom is -0.462 e. The first kappa shape index (κ1) is 69.8. The van der Waals surface area contributed by atoms with Crippen LogP contribution in [0.3, 0.4) is 0 Å². The minimum atomic E-state index is -0.788. The van der Waals surface area contributed by atoms with Gasteiger partial charge in [0.05, 0.1) is 0 Å². The molecule has 0 heterocycles. The number of hydrogen-bond acceptors (Lipinski definition) is 6. The van der Waals surface area contributed by atoms with Crippen LogP contribution in [0.2, 0.25) is 0 Å². The highest BCUT2D eigenvalue weighted by Gasteiger charge is 2.19. The molecule has 0 rings (SSSR count). The summed E-state index contributed by atoms with van der Waals surface area (Å²) in [6, 6.07) is 0. The summed E-state index contributed by atoms with van der Waals surface area (Å²) in [6.45, 7) is 6.61. The topological polar surface area (TPSA) is 78.9 Å². The zero-order valence-electron chi connectivity index (χ0n) is 48.4. The molecule has 1 unspecified atom stereocenters. The van der Waals surface area contributed by atoms with Crippen LogP contribution in [-0.2, 0) is 28.6 Å². The summed E-state index contributed by atoms with van der Waals surface area (Å²) in [7, 11) is 0. The zero-order valence-corrected chi connectivity index (χ0v) is 48.4. The van der Waals surface area contributed by atoms with E-state index in [0.29, 0.717) is 19.3 Å². The maximum atomic E-state index is 12.9. The van der Waals surface area contributed by atoms with E-state index in [1.807, 2.05) is 0 Å². The molecule has 422 valence electrons. The number of unbranched alkanes of at least 4 members (excludes halogenated alkanes) is 34. The number of allylic oxidation sites excluding steroid dienone is 12. The van der Waals surface area contributed by atoms with Crippen molar-refractivity contribution in [3.05, 3.63) is 72.9 Å². The largest absolute Gasteiger partial charge is 0.462 e. The van der Waals surface area contributed by atoms with Crippen molar-refractivity contribution < 1.29 is 28.6 Å². The molecular weight excluding hydrogens is 901 g/mol. The van der Waals surface area contributed by atoms with Crippen LogP contribution in [0, 0.1) is 0 Å². The summed E-state index contributed by atoms with van der Waals surface area (Å²) in [6.07, 6.45) is 78.9. The summed E-state index contributed by atoms with van der Waals surface area (Å²) in [5.41, 5.74) is 0. The molecule has 0 aromatic carbocycles. The van der Waals surface area contributed by atoms with Crippen LogP contribution in [0.15, 0.2) is 72.9 Å². The fraction of sp³-hybridized carbons (Fsp3) is 0.776. The molecular formula is C67H118O6. The number of esters is 3. The highest BCUT2D eigenvalue weighted by molar-refractivity contribution is 5.71. The Morgan fingerprint density at radius 2 is 0.493 bits per heavy atom. The van der Waals surface area contributed by atoms with Gasteiger partial charge in [0.2, 0.25) is 0 Å². The number of carbonyl (C=O) groups is 3. The monoisotopic (exact) mass is 1020 g/mol. The lowest BCUT2D eigenvalue weighted by Crippen LogP contribution is -2.30. The summed E-state index contributed by atoms with van der Waals surface area (Å²) >= 11 is 0. The number of rotatable bonds is 57. The molecule has 1 atom stereocenters. The van der Waals surface area contributed by atoms with E-state index in [2.05, 4.69) is 93.7 Å². The summed E-state index contributed by atoms with van der Waals surface area (Å²) in [4.78, 5) is 38.3. The molecule has 0 aliphatic rings. The van der Waals surface area contributed by atoms with Crippen molar-refractivity contribution in [1.82, 2.24) is 0 Å². The van der Waals surface area contributed by atoms with Gasteiger partial charge in [-0.2, -0.15) is 0 Å². The average Bonchev–Trinajstić information content (AvgIpc) is 3.39. The third kappa shape index (κ3) is 59.6. The van der Waals surface area contributed by atoms with E-state index in [1.165, 1.54) is 186 Å². The normalized spacial score (nSPS) is 12.5. The summed E-state index contributed by atoms with van der Waals surface area (Å²) < 4.78 is 16.9. The van der Waals surface area contributed by atoms with Crippen LogP contribution in [0.25, 0.3) is 0 Å². The SMILES string of the molecule is CCCCC/C=C\C/C=C\C/C=C\CCCCCCCCC(=O)OCC(COC(=O)CCCCCCCCC/C=C\CCCCCCCCC)OC(=O)CCCCCCCCC/C=C\C/C=C\CCCCCC. The van der Waals surface area contributed by atoms with Gasteiger partial charge in [0.15, 0.2) is 6.10 Å². The Balaban J connectivity index is 4.42. The molecule has 73 heavy (non-hydrogen) atoms. The van der Waals surface area contributed by atoms with E-state index >= 15 is 0 Å². The lowest BCUT2D eigenvalue weighted by Gasteiger charge is -2.18. The van der Waals surface area contributed by atoms with Crippen molar-refractivity contribution in [2.75, 3.05) is 13.2 Å². The average molecular weight is 1020 g/mol. The first-order chi connectivity index (χ1) is 36.0. The van der Waals surface area contributed by atoms with Gasteiger partial charge in [-0.1, -0.05) is 254 Å². The predicted octanol–water partition coefficient (Wildman–Crippen LogP) is 21.3. The van der Waals surface area contributed by atoms with E-state index in [9.17, 15) is 14.4 Å². The smallest absolute Gasteiger partial charge is 0.306 e. The Morgan fingerprint density at radius 1 is 0.274 bits per heavy atom. The van der Waals surface area contributed by atoms with Crippen molar-refractivity contribution in [3.8, 4) is 0 Å². The summed E-state index contributed by atoms with van der Waals surface area (Å²) in [5.74, 6) is -0.896. The van der Waals surface area contributed by atoms with E-state index in [0.717, 1.165) is 89.9 Å². The third-order valence-electron chi connectivity index (χ3n) is 13.7. The molecule has 0 spiro atoms. The second kappa shape index (κ2) is 61.4. The van der Waals surface area contributed by atoms with Crippen LogP contribution in [0.4, 0.5) is 0 Å². The van der Waals surface area contributed by atoms with Crippen molar-refractivity contribution in [2.24, 2.45) is 0 Å². The van der Waals surface area contributed by atoms with Crippen molar-refractivity contribution in [3.63, 3.8) is 0 Å². The van der Waals surface area contributed by atoms with Crippen LogP contribution < -0.4 is 0 Å². The Hall–Kier alpha value is -3.15. The molecule has 0 N–H and O–H groups in total. The predicted molar refractivity (Wildman–Crippen MR) is 316 cm³/mol.